The van der Waals surface area contributed by atoms with Crippen molar-refractivity contribution in [2.24, 2.45) is 0 Å². The molecule has 0 radical (unpaired) electrons. The van der Waals surface area contributed by atoms with Gasteiger partial charge in [-0.2, -0.15) is 0 Å². The molecule has 0 unspecified atom stereocenters. The number of para-hydroxylation sites is 1. The van der Waals surface area contributed by atoms with Gasteiger partial charge in [0.15, 0.2) is 0 Å². The molecule has 1 N–H and O–H groups in total. The molecular weight excluding hydrogens is 324 g/mol. The summed E-state index contributed by atoms with van der Waals surface area (Å²) in [6.07, 6.45) is 0.768. The predicted molar refractivity (Wildman–Crippen MR) is 93.2 cm³/mol. The summed E-state index contributed by atoms with van der Waals surface area (Å²) < 4.78 is 5.87. The van der Waals surface area contributed by atoms with Gasteiger partial charge in [0.05, 0.1) is 23.2 Å². The van der Waals surface area contributed by atoms with Gasteiger partial charge in [0, 0.05) is 12.4 Å². The zero-order valence-electron chi connectivity index (χ0n) is 13.9. The van der Waals surface area contributed by atoms with Crippen LogP contribution in [-0.2, 0) is 11.2 Å². The van der Waals surface area contributed by atoms with Crippen LogP contribution in [0, 0.1) is 6.92 Å². The number of ether oxygens (including phenoxy) is 1. The average Bonchev–Trinajstić information content (AvgIpc) is 3.14. The zero-order valence-corrected chi connectivity index (χ0v) is 14.7. The zero-order chi connectivity index (χ0) is 17.1. The van der Waals surface area contributed by atoms with Gasteiger partial charge in [-0.3, -0.25) is 4.79 Å². The van der Waals surface area contributed by atoms with E-state index < -0.39 is 6.10 Å². The highest BCUT2D eigenvalue weighted by molar-refractivity contribution is 7.09. The fraction of sp³-hybridized carbons (Fsp3) is 0.444. The third-order valence-corrected chi connectivity index (χ3v) is 5.26. The van der Waals surface area contributed by atoms with Gasteiger partial charge in [-0.25, -0.2) is 4.98 Å². The first-order chi connectivity index (χ1) is 11.5. The number of aromatic nitrogens is 1. The number of nitrogens with zero attached hydrogens (tertiary/aromatic N) is 2. The van der Waals surface area contributed by atoms with Crippen molar-refractivity contribution in [3.8, 4) is 5.75 Å². The molecule has 0 spiro atoms. The van der Waals surface area contributed by atoms with E-state index in [-0.39, 0.29) is 24.5 Å². The first-order valence-corrected chi connectivity index (χ1v) is 8.99. The summed E-state index contributed by atoms with van der Waals surface area (Å²) in [5, 5.41) is 13.4. The number of hydrogen-bond donors (Lipinski definition) is 1. The molecule has 3 atom stereocenters. The van der Waals surface area contributed by atoms with Crippen LogP contribution in [0.1, 0.15) is 23.5 Å². The first-order valence-electron chi connectivity index (χ1n) is 8.11. The van der Waals surface area contributed by atoms with Gasteiger partial charge in [0.1, 0.15) is 18.0 Å². The molecule has 1 aromatic carbocycles. The largest absolute Gasteiger partial charge is 0.488 e. The van der Waals surface area contributed by atoms with Gasteiger partial charge in [0.25, 0.3) is 0 Å². The molecule has 1 amide bonds. The van der Waals surface area contributed by atoms with E-state index in [0.717, 1.165) is 29.3 Å². The first kappa shape index (κ1) is 16.9. The van der Waals surface area contributed by atoms with Crippen molar-refractivity contribution >= 4 is 17.2 Å². The van der Waals surface area contributed by atoms with Crippen molar-refractivity contribution in [1.82, 2.24) is 9.88 Å². The second-order valence-corrected chi connectivity index (χ2v) is 7.21. The standard InChI is InChI=1S/C18H22N2O3S/c1-12-19-13(11-24-12)10-17(21)20(2)15-8-9-16(18(15)22)23-14-6-4-3-5-7-14/h3-7,11,15-16,18,22H,8-10H2,1-2H3/t15-,16-,18-/m1/s1. The number of aryl methyl sites for hydroxylation is 1. The second kappa shape index (κ2) is 7.32. The molecule has 1 aliphatic carbocycles. The predicted octanol–water partition coefficient (Wildman–Crippen LogP) is 2.42. The molecule has 1 fully saturated rings. The molecule has 1 aliphatic rings. The molecule has 0 saturated heterocycles. The van der Waals surface area contributed by atoms with E-state index in [0.29, 0.717) is 0 Å². The van der Waals surface area contributed by atoms with Crippen LogP contribution in [0.4, 0.5) is 0 Å². The Bertz CT molecular complexity index is 689. The van der Waals surface area contributed by atoms with Crippen LogP contribution in [0.2, 0.25) is 0 Å². The lowest BCUT2D eigenvalue weighted by Crippen LogP contribution is -2.46. The minimum atomic E-state index is -0.684. The Morgan fingerprint density at radius 2 is 2.12 bits per heavy atom. The van der Waals surface area contributed by atoms with Gasteiger partial charge in [-0.1, -0.05) is 18.2 Å². The number of amides is 1. The molecule has 0 aliphatic heterocycles. The molecule has 3 rings (SSSR count). The van der Waals surface area contributed by atoms with Crippen LogP contribution >= 0.6 is 11.3 Å². The van der Waals surface area contributed by atoms with Crippen molar-refractivity contribution in [3.05, 3.63) is 46.4 Å². The van der Waals surface area contributed by atoms with Gasteiger partial charge in [-0.05, 0) is 31.9 Å². The second-order valence-electron chi connectivity index (χ2n) is 6.14. The lowest BCUT2D eigenvalue weighted by Gasteiger charge is -2.28. The minimum Gasteiger partial charge on any atom is -0.488 e. The highest BCUT2D eigenvalue weighted by Gasteiger charge is 2.40. The summed E-state index contributed by atoms with van der Waals surface area (Å²) >= 11 is 1.54. The molecule has 1 aromatic heterocycles. The number of carbonyl (C=O) groups excluding carboxylic acids is 1. The van der Waals surface area contributed by atoms with Crippen molar-refractivity contribution < 1.29 is 14.6 Å². The topological polar surface area (TPSA) is 62.7 Å². The summed E-state index contributed by atoms with van der Waals surface area (Å²) in [6, 6.07) is 9.26. The summed E-state index contributed by atoms with van der Waals surface area (Å²) in [6.45, 7) is 1.93. The fourth-order valence-corrected chi connectivity index (χ4v) is 3.72. The van der Waals surface area contributed by atoms with Crippen LogP contribution in [0.3, 0.4) is 0 Å². The summed E-state index contributed by atoms with van der Waals surface area (Å²) in [7, 11) is 1.75. The van der Waals surface area contributed by atoms with E-state index in [1.54, 1.807) is 23.3 Å². The van der Waals surface area contributed by atoms with Crippen LogP contribution in [0.25, 0.3) is 0 Å². The van der Waals surface area contributed by atoms with Crippen molar-refractivity contribution in [1.29, 1.82) is 0 Å². The molecule has 0 bridgehead atoms. The van der Waals surface area contributed by atoms with Crippen molar-refractivity contribution in [2.75, 3.05) is 7.05 Å². The molecule has 5 nitrogen and oxygen atoms in total. The molecule has 1 saturated carbocycles. The number of hydrogen-bond acceptors (Lipinski definition) is 5. The number of rotatable bonds is 5. The highest BCUT2D eigenvalue weighted by atomic mass is 32.1. The summed E-state index contributed by atoms with van der Waals surface area (Å²) in [5.41, 5.74) is 0.791. The van der Waals surface area contributed by atoms with E-state index in [1.165, 1.54) is 0 Å². The summed E-state index contributed by atoms with van der Waals surface area (Å²) in [4.78, 5) is 18.4. The maximum Gasteiger partial charge on any atom is 0.228 e. The molecule has 24 heavy (non-hydrogen) atoms. The van der Waals surface area contributed by atoms with E-state index >= 15 is 0 Å². The lowest BCUT2D eigenvalue weighted by atomic mass is 10.1. The van der Waals surface area contributed by atoms with Crippen molar-refractivity contribution in [2.45, 2.75) is 44.4 Å². The minimum absolute atomic E-state index is 0.0234. The Kier molecular flexibility index (Phi) is 5.16. The number of aliphatic hydroxyl groups is 1. The molecular formula is C18H22N2O3S. The summed E-state index contributed by atoms with van der Waals surface area (Å²) in [5.74, 6) is 0.721. The van der Waals surface area contributed by atoms with Crippen LogP contribution in [0.15, 0.2) is 35.7 Å². The van der Waals surface area contributed by atoms with E-state index in [2.05, 4.69) is 4.98 Å². The number of likely N-dealkylation sites (N-methyl/N-ethyl adjacent to an activating group) is 1. The fourth-order valence-electron chi connectivity index (χ4n) is 3.10. The number of carbonyl (C=O) groups is 1. The van der Waals surface area contributed by atoms with Crippen LogP contribution < -0.4 is 4.74 Å². The molecule has 128 valence electrons. The average molecular weight is 346 g/mol. The monoisotopic (exact) mass is 346 g/mol. The number of thiazole rings is 1. The van der Waals surface area contributed by atoms with Crippen molar-refractivity contribution in [3.63, 3.8) is 0 Å². The normalized spacial score (nSPS) is 23.2. The van der Waals surface area contributed by atoms with Crippen LogP contribution in [-0.4, -0.2) is 46.2 Å². The van der Waals surface area contributed by atoms with Gasteiger partial charge >= 0.3 is 0 Å². The Labute approximate surface area is 145 Å². The maximum atomic E-state index is 12.5. The molecule has 6 heteroatoms. The number of aliphatic hydroxyl groups excluding tert-OH is 1. The number of benzene rings is 1. The SMILES string of the molecule is Cc1nc(CC(=O)N(C)[C@@H]2CC[C@@H](Oc3ccccc3)[C@@H]2O)cs1. The van der Waals surface area contributed by atoms with Gasteiger partial charge < -0.3 is 14.7 Å². The molecule has 1 heterocycles. The van der Waals surface area contributed by atoms with E-state index in [9.17, 15) is 9.90 Å². The Morgan fingerprint density at radius 1 is 1.38 bits per heavy atom. The van der Waals surface area contributed by atoms with Crippen LogP contribution in [0.5, 0.6) is 5.75 Å². The maximum absolute atomic E-state index is 12.5. The van der Waals surface area contributed by atoms with Gasteiger partial charge in [0.2, 0.25) is 5.91 Å². The third-order valence-electron chi connectivity index (χ3n) is 4.44. The Hall–Kier alpha value is -1.92. The third kappa shape index (κ3) is 3.76. The van der Waals surface area contributed by atoms with E-state index in [4.69, 9.17) is 4.74 Å². The van der Waals surface area contributed by atoms with E-state index in [1.807, 2.05) is 42.6 Å². The van der Waals surface area contributed by atoms with Gasteiger partial charge in [-0.15, -0.1) is 11.3 Å². The Balaban J connectivity index is 1.59. The Morgan fingerprint density at radius 3 is 2.79 bits per heavy atom. The smallest absolute Gasteiger partial charge is 0.228 e. The lowest BCUT2D eigenvalue weighted by molar-refractivity contribution is -0.133. The molecule has 2 aromatic rings. The highest BCUT2D eigenvalue weighted by Crippen LogP contribution is 2.28. The quantitative estimate of drug-likeness (QED) is 0.903.